The van der Waals surface area contributed by atoms with Crippen LogP contribution in [0.2, 0.25) is 10.0 Å². The standard InChI is InChI=1S/C18H17Cl2N3O2S2/c1-12-6-8-13(9-7-12)27(24,25)11-17-21-22-18(23(17)2)26-10-14-15(19)4-3-5-16(14)20/h3-9H,10-11H2,1-2H3. The van der Waals surface area contributed by atoms with Crippen molar-refractivity contribution in [3.8, 4) is 0 Å². The van der Waals surface area contributed by atoms with Gasteiger partial charge in [-0.2, -0.15) is 0 Å². The number of benzene rings is 2. The van der Waals surface area contributed by atoms with Crippen molar-refractivity contribution in [2.24, 2.45) is 7.05 Å². The molecule has 2 aromatic carbocycles. The summed E-state index contributed by atoms with van der Waals surface area (Å²) in [5, 5.41) is 9.92. The topological polar surface area (TPSA) is 64.8 Å². The van der Waals surface area contributed by atoms with Gasteiger partial charge in [-0.15, -0.1) is 10.2 Å². The van der Waals surface area contributed by atoms with Crippen LogP contribution in [-0.2, 0) is 28.4 Å². The molecule has 0 saturated heterocycles. The first-order valence-electron chi connectivity index (χ1n) is 8.01. The van der Waals surface area contributed by atoms with E-state index in [9.17, 15) is 8.42 Å². The Balaban J connectivity index is 1.76. The zero-order valence-electron chi connectivity index (χ0n) is 14.7. The molecule has 0 aliphatic heterocycles. The molecule has 0 N–H and O–H groups in total. The molecule has 3 aromatic rings. The van der Waals surface area contributed by atoms with E-state index >= 15 is 0 Å². The van der Waals surface area contributed by atoms with Crippen LogP contribution in [-0.4, -0.2) is 23.2 Å². The van der Waals surface area contributed by atoms with E-state index in [4.69, 9.17) is 23.2 Å². The number of aromatic nitrogens is 3. The molecule has 0 spiro atoms. The molecule has 5 nitrogen and oxygen atoms in total. The maximum atomic E-state index is 12.6. The second-order valence-electron chi connectivity index (χ2n) is 6.02. The molecule has 0 fully saturated rings. The first kappa shape index (κ1) is 20.2. The Morgan fingerprint density at radius 3 is 2.30 bits per heavy atom. The summed E-state index contributed by atoms with van der Waals surface area (Å²) in [5.74, 6) is 0.672. The fraction of sp³-hybridized carbons (Fsp3) is 0.222. The van der Waals surface area contributed by atoms with Crippen LogP contribution in [0.15, 0.2) is 52.5 Å². The summed E-state index contributed by atoms with van der Waals surface area (Å²) in [5.41, 5.74) is 1.81. The number of hydrogen-bond acceptors (Lipinski definition) is 5. The molecule has 0 aliphatic carbocycles. The monoisotopic (exact) mass is 441 g/mol. The average Bonchev–Trinajstić information content (AvgIpc) is 2.94. The summed E-state index contributed by atoms with van der Waals surface area (Å²) < 4.78 is 26.9. The summed E-state index contributed by atoms with van der Waals surface area (Å²) in [6, 6.07) is 12.1. The lowest BCUT2D eigenvalue weighted by molar-refractivity contribution is 0.591. The molecular weight excluding hydrogens is 425 g/mol. The van der Waals surface area contributed by atoms with Crippen molar-refractivity contribution in [2.45, 2.75) is 28.5 Å². The highest BCUT2D eigenvalue weighted by Crippen LogP contribution is 2.31. The van der Waals surface area contributed by atoms with Crippen molar-refractivity contribution in [1.82, 2.24) is 14.8 Å². The van der Waals surface area contributed by atoms with E-state index in [-0.39, 0.29) is 10.6 Å². The normalized spacial score (nSPS) is 11.7. The van der Waals surface area contributed by atoms with Gasteiger partial charge in [0.15, 0.2) is 15.0 Å². The number of rotatable bonds is 6. The number of halogens is 2. The number of thioether (sulfide) groups is 1. The van der Waals surface area contributed by atoms with Gasteiger partial charge in [-0.1, -0.05) is 58.7 Å². The highest BCUT2D eigenvalue weighted by atomic mass is 35.5. The SMILES string of the molecule is Cc1ccc(S(=O)(=O)Cc2nnc(SCc3c(Cl)cccc3Cl)n2C)cc1. The molecule has 1 aromatic heterocycles. The van der Waals surface area contributed by atoms with Gasteiger partial charge in [0.05, 0.1) is 4.90 Å². The van der Waals surface area contributed by atoms with E-state index in [1.807, 2.05) is 6.92 Å². The smallest absolute Gasteiger partial charge is 0.191 e. The maximum absolute atomic E-state index is 12.6. The van der Waals surface area contributed by atoms with Gasteiger partial charge in [0.25, 0.3) is 0 Å². The molecule has 0 atom stereocenters. The Kier molecular flexibility index (Phi) is 6.15. The van der Waals surface area contributed by atoms with E-state index < -0.39 is 9.84 Å². The quantitative estimate of drug-likeness (QED) is 0.518. The predicted molar refractivity (Wildman–Crippen MR) is 109 cm³/mol. The van der Waals surface area contributed by atoms with Gasteiger partial charge < -0.3 is 4.57 Å². The molecule has 0 radical (unpaired) electrons. The van der Waals surface area contributed by atoms with Gasteiger partial charge in [-0.3, -0.25) is 0 Å². The summed E-state index contributed by atoms with van der Waals surface area (Å²) in [4.78, 5) is 0.271. The molecule has 27 heavy (non-hydrogen) atoms. The van der Waals surface area contributed by atoms with E-state index in [1.54, 1.807) is 54.1 Å². The van der Waals surface area contributed by atoms with E-state index in [2.05, 4.69) is 10.2 Å². The highest BCUT2D eigenvalue weighted by Gasteiger charge is 2.20. The van der Waals surface area contributed by atoms with Crippen molar-refractivity contribution in [3.05, 3.63) is 69.5 Å². The summed E-state index contributed by atoms with van der Waals surface area (Å²) in [7, 11) is -1.75. The third kappa shape index (κ3) is 4.66. The van der Waals surface area contributed by atoms with Crippen LogP contribution in [0.25, 0.3) is 0 Å². The van der Waals surface area contributed by atoms with Crippen LogP contribution in [0.4, 0.5) is 0 Å². The van der Waals surface area contributed by atoms with E-state index in [0.29, 0.717) is 26.8 Å². The van der Waals surface area contributed by atoms with Crippen molar-refractivity contribution in [1.29, 1.82) is 0 Å². The highest BCUT2D eigenvalue weighted by molar-refractivity contribution is 7.98. The van der Waals surface area contributed by atoms with Crippen molar-refractivity contribution < 1.29 is 8.42 Å². The average molecular weight is 442 g/mol. The molecule has 0 aliphatic rings. The molecular formula is C18H17Cl2N3O2S2. The first-order valence-corrected chi connectivity index (χ1v) is 11.4. The maximum Gasteiger partial charge on any atom is 0.191 e. The summed E-state index contributed by atoms with van der Waals surface area (Å²) in [6.07, 6.45) is 0. The number of nitrogens with zero attached hydrogens (tertiary/aromatic N) is 3. The molecule has 0 amide bonds. The summed E-state index contributed by atoms with van der Waals surface area (Å²) in [6.45, 7) is 1.91. The van der Waals surface area contributed by atoms with Crippen LogP contribution < -0.4 is 0 Å². The van der Waals surface area contributed by atoms with Gasteiger partial charge in [0, 0.05) is 22.8 Å². The molecule has 1 heterocycles. The van der Waals surface area contributed by atoms with Gasteiger partial charge in [0.2, 0.25) is 0 Å². The lowest BCUT2D eigenvalue weighted by Crippen LogP contribution is -2.09. The zero-order valence-corrected chi connectivity index (χ0v) is 17.8. The van der Waals surface area contributed by atoms with Crippen LogP contribution in [0.3, 0.4) is 0 Å². The fourth-order valence-corrected chi connectivity index (χ4v) is 5.38. The van der Waals surface area contributed by atoms with Crippen molar-refractivity contribution in [2.75, 3.05) is 0 Å². The van der Waals surface area contributed by atoms with Crippen LogP contribution in [0, 0.1) is 6.92 Å². The Hall–Kier alpha value is -1.54. The van der Waals surface area contributed by atoms with Gasteiger partial charge >= 0.3 is 0 Å². The first-order chi connectivity index (χ1) is 12.8. The third-order valence-electron chi connectivity index (χ3n) is 4.03. The largest absolute Gasteiger partial charge is 0.308 e. The van der Waals surface area contributed by atoms with Crippen LogP contribution in [0.1, 0.15) is 17.0 Å². The minimum Gasteiger partial charge on any atom is -0.308 e. The molecule has 0 unspecified atom stereocenters. The molecule has 0 saturated carbocycles. The Labute approximate surface area is 172 Å². The molecule has 142 valence electrons. The number of sulfone groups is 1. The Bertz CT molecular complexity index is 1040. The van der Waals surface area contributed by atoms with E-state index in [1.165, 1.54) is 11.8 Å². The van der Waals surface area contributed by atoms with Crippen LogP contribution in [0.5, 0.6) is 0 Å². The molecule has 3 rings (SSSR count). The fourth-order valence-electron chi connectivity index (χ4n) is 2.40. The van der Waals surface area contributed by atoms with Gasteiger partial charge in [-0.05, 0) is 36.8 Å². The minimum absolute atomic E-state index is 0.215. The van der Waals surface area contributed by atoms with Crippen LogP contribution >= 0.6 is 35.0 Å². The number of hydrogen-bond donors (Lipinski definition) is 0. The van der Waals surface area contributed by atoms with E-state index in [0.717, 1.165) is 11.1 Å². The lowest BCUT2D eigenvalue weighted by atomic mass is 10.2. The van der Waals surface area contributed by atoms with Crippen molar-refractivity contribution >= 4 is 44.8 Å². The van der Waals surface area contributed by atoms with Gasteiger partial charge in [0.1, 0.15) is 11.6 Å². The Morgan fingerprint density at radius 1 is 1.04 bits per heavy atom. The van der Waals surface area contributed by atoms with Gasteiger partial charge in [-0.25, -0.2) is 8.42 Å². The zero-order chi connectivity index (χ0) is 19.6. The second-order valence-corrected chi connectivity index (χ2v) is 9.77. The molecule has 9 heteroatoms. The second kappa shape index (κ2) is 8.22. The predicted octanol–water partition coefficient (Wildman–Crippen LogP) is 4.70. The number of aryl methyl sites for hydroxylation is 1. The van der Waals surface area contributed by atoms with Crippen molar-refractivity contribution in [3.63, 3.8) is 0 Å². The lowest BCUT2D eigenvalue weighted by Gasteiger charge is -2.07. The minimum atomic E-state index is -3.49. The Morgan fingerprint density at radius 2 is 1.67 bits per heavy atom. The third-order valence-corrected chi connectivity index (χ3v) is 7.42. The summed E-state index contributed by atoms with van der Waals surface area (Å²) >= 11 is 13.8. The molecule has 0 bridgehead atoms.